The first kappa shape index (κ1) is 12.3. The number of aromatic nitrogens is 1. The molecule has 1 heterocycles. The molecule has 0 aliphatic heterocycles. The van der Waals surface area contributed by atoms with E-state index in [1.165, 1.54) is 18.2 Å². The van der Waals surface area contributed by atoms with Crippen molar-refractivity contribution in [3.8, 4) is 11.8 Å². The van der Waals surface area contributed by atoms with E-state index in [1.54, 1.807) is 24.4 Å². The molecule has 0 unspecified atom stereocenters. The van der Waals surface area contributed by atoms with Crippen LogP contribution >= 0.6 is 11.6 Å². The summed E-state index contributed by atoms with van der Waals surface area (Å²) in [5.41, 5.74) is 0.700. The fourth-order valence-corrected chi connectivity index (χ4v) is 1.54. The molecule has 0 radical (unpaired) electrons. The molecule has 0 saturated heterocycles. The highest BCUT2D eigenvalue weighted by Crippen LogP contribution is 2.19. The Morgan fingerprint density at radius 1 is 1.39 bits per heavy atom. The van der Waals surface area contributed by atoms with Crippen molar-refractivity contribution in [1.29, 1.82) is 5.26 Å². The molecule has 90 valence electrons. The Morgan fingerprint density at radius 2 is 2.22 bits per heavy atom. The van der Waals surface area contributed by atoms with Gasteiger partial charge in [0.05, 0.1) is 5.56 Å². The van der Waals surface area contributed by atoms with Gasteiger partial charge in [-0.25, -0.2) is 9.37 Å². The summed E-state index contributed by atoms with van der Waals surface area (Å²) in [7, 11) is 0. The number of rotatable bonds is 3. The summed E-state index contributed by atoms with van der Waals surface area (Å²) in [6, 6.07) is 9.33. The number of nitrogens with zero attached hydrogens (tertiary/aromatic N) is 2. The molecule has 0 N–H and O–H groups in total. The van der Waals surface area contributed by atoms with Crippen molar-refractivity contribution in [3.05, 3.63) is 58.6 Å². The van der Waals surface area contributed by atoms with Crippen molar-refractivity contribution in [3.63, 3.8) is 0 Å². The van der Waals surface area contributed by atoms with Crippen molar-refractivity contribution in [2.75, 3.05) is 0 Å². The van der Waals surface area contributed by atoms with Gasteiger partial charge in [-0.05, 0) is 18.2 Å². The molecule has 0 saturated carbocycles. The number of nitriles is 1. The fraction of sp³-hybridized carbons (Fsp3) is 0.0769. The molecule has 0 fully saturated rings. The molecule has 5 heteroatoms. The second-order valence-electron chi connectivity index (χ2n) is 3.50. The molecule has 18 heavy (non-hydrogen) atoms. The fourth-order valence-electron chi connectivity index (χ4n) is 1.36. The number of halogens is 2. The third kappa shape index (κ3) is 2.76. The largest absolute Gasteiger partial charge is 0.489 e. The van der Waals surface area contributed by atoms with Crippen molar-refractivity contribution in [2.24, 2.45) is 0 Å². The Bertz CT molecular complexity index is 610. The average Bonchev–Trinajstić information content (AvgIpc) is 2.38. The van der Waals surface area contributed by atoms with Gasteiger partial charge in [-0.1, -0.05) is 17.7 Å². The summed E-state index contributed by atoms with van der Waals surface area (Å²) in [5.74, 6) is -0.265. The van der Waals surface area contributed by atoms with Crippen LogP contribution < -0.4 is 4.74 Å². The van der Waals surface area contributed by atoms with Crippen molar-refractivity contribution in [2.45, 2.75) is 6.61 Å². The Hall–Kier alpha value is -2.12. The maximum atomic E-state index is 13.3. The predicted molar refractivity (Wildman–Crippen MR) is 64.7 cm³/mol. The van der Waals surface area contributed by atoms with Gasteiger partial charge in [0.2, 0.25) is 0 Å². The molecule has 0 bridgehead atoms. The molecule has 0 aliphatic carbocycles. The van der Waals surface area contributed by atoms with E-state index in [2.05, 4.69) is 4.98 Å². The van der Waals surface area contributed by atoms with E-state index in [4.69, 9.17) is 21.6 Å². The average molecular weight is 263 g/mol. The zero-order valence-corrected chi connectivity index (χ0v) is 9.99. The lowest BCUT2D eigenvalue weighted by Gasteiger charge is -2.07. The standard InChI is InChI=1S/C13H8ClFN2O/c14-13-10(2-1-5-17-13)8-18-11-4-3-9(7-16)12(15)6-11/h1-6H,8H2. The summed E-state index contributed by atoms with van der Waals surface area (Å²) in [6.07, 6.45) is 1.58. The van der Waals surface area contributed by atoms with Crippen LogP contribution in [-0.4, -0.2) is 4.98 Å². The zero-order valence-electron chi connectivity index (χ0n) is 9.23. The molecule has 0 aliphatic rings. The summed E-state index contributed by atoms with van der Waals surface area (Å²) in [4.78, 5) is 3.90. The van der Waals surface area contributed by atoms with E-state index in [1.807, 2.05) is 0 Å². The molecule has 1 aromatic heterocycles. The van der Waals surface area contributed by atoms with Gasteiger partial charge in [-0.3, -0.25) is 0 Å². The van der Waals surface area contributed by atoms with E-state index in [0.29, 0.717) is 16.5 Å². The molecular formula is C13H8ClFN2O. The highest BCUT2D eigenvalue weighted by molar-refractivity contribution is 6.30. The highest BCUT2D eigenvalue weighted by Gasteiger charge is 2.05. The van der Waals surface area contributed by atoms with E-state index in [0.717, 1.165) is 0 Å². The summed E-state index contributed by atoms with van der Waals surface area (Å²) in [6.45, 7) is 0.192. The molecule has 0 amide bonds. The van der Waals surface area contributed by atoms with Crippen molar-refractivity contribution >= 4 is 11.6 Å². The van der Waals surface area contributed by atoms with Crippen LogP contribution in [0.15, 0.2) is 36.5 Å². The Labute approximate surface area is 108 Å². The number of benzene rings is 1. The molecule has 2 aromatic rings. The minimum absolute atomic E-state index is 0.0123. The van der Waals surface area contributed by atoms with Gasteiger partial charge in [-0.2, -0.15) is 5.26 Å². The monoisotopic (exact) mass is 262 g/mol. The first-order valence-corrected chi connectivity index (χ1v) is 5.50. The number of ether oxygens (including phenoxy) is 1. The summed E-state index contributed by atoms with van der Waals surface area (Å²) < 4.78 is 18.7. The van der Waals surface area contributed by atoms with Gasteiger partial charge >= 0.3 is 0 Å². The molecule has 1 aromatic carbocycles. The lowest BCUT2D eigenvalue weighted by molar-refractivity contribution is 0.304. The minimum atomic E-state index is -0.604. The first-order chi connectivity index (χ1) is 8.70. The maximum Gasteiger partial charge on any atom is 0.144 e. The molecular weight excluding hydrogens is 255 g/mol. The van der Waals surface area contributed by atoms with Crippen LogP contribution in [0, 0.1) is 17.1 Å². The Kier molecular flexibility index (Phi) is 3.75. The normalized spacial score (nSPS) is 9.83. The lowest BCUT2D eigenvalue weighted by Crippen LogP contribution is -1.98. The van der Waals surface area contributed by atoms with Crippen LogP contribution in [0.2, 0.25) is 5.15 Å². The lowest BCUT2D eigenvalue weighted by atomic mass is 10.2. The van der Waals surface area contributed by atoms with Crippen LogP contribution in [0.25, 0.3) is 0 Å². The molecule has 3 nitrogen and oxygen atoms in total. The van der Waals surface area contributed by atoms with Gasteiger partial charge in [0.15, 0.2) is 0 Å². The highest BCUT2D eigenvalue weighted by atomic mass is 35.5. The number of pyridine rings is 1. The third-order valence-corrected chi connectivity index (χ3v) is 2.63. The zero-order chi connectivity index (χ0) is 13.0. The van der Waals surface area contributed by atoms with Crippen LogP contribution in [-0.2, 0) is 6.61 Å². The maximum absolute atomic E-state index is 13.3. The second-order valence-corrected chi connectivity index (χ2v) is 3.85. The van der Waals surface area contributed by atoms with E-state index >= 15 is 0 Å². The van der Waals surface area contributed by atoms with Crippen LogP contribution in [0.1, 0.15) is 11.1 Å². The summed E-state index contributed by atoms with van der Waals surface area (Å²) in [5, 5.41) is 8.95. The van der Waals surface area contributed by atoms with Gasteiger partial charge in [0.25, 0.3) is 0 Å². The Morgan fingerprint density at radius 3 is 2.89 bits per heavy atom. The SMILES string of the molecule is N#Cc1ccc(OCc2cccnc2Cl)cc1F. The predicted octanol–water partition coefficient (Wildman–Crippen LogP) is 3.32. The second kappa shape index (κ2) is 5.48. The molecule has 2 rings (SSSR count). The summed E-state index contributed by atoms with van der Waals surface area (Å²) >= 11 is 5.86. The van der Waals surface area contributed by atoms with E-state index in [-0.39, 0.29) is 12.2 Å². The molecule has 0 atom stereocenters. The van der Waals surface area contributed by atoms with Gasteiger partial charge < -0.3 is 4.74 Å². The molecule has 0 spiro atoms. The minimum Gasteiger partial charge on any atom is -0.489 e. The van der Waals surface area contributed by atoms with Crippen LogP contribution in [0.4, 0.5) is 4.39 Å². The quantitative estimate of drug-likeness (QED) is 0.797. The van der Waals surface area contributed by atoms with Gasteiger partial charge in [-0.15, -0.1) is 0 Å². The topological polar surface area (TPSA) is 45.9 Å². The van der Waals surface area contributed by atoms with Crippen LogP contribution in [0.5, 0.6) is 5.75 Å². The number of hydrogen-bond acceptors (Lipinski definition) is 3. The van der Waals surface area contributed by atoms with Gasteiger partial charge in [0.1, 0.15) is 29.4 Å². The third-order valence-electron chi connectivity index (χ3n) is 2.29. The smallest absolute Gasteiger partial charge is 0.144 e. The van der Waals surface area contributed by atoms with Crippen molar-refractivity contribution < 1.29 is 9.13 Å². The first-order valence-electron chi connectivity index (χ1n) is 5.12. The van der Waals surface area contributed by atoms with E-state index < -0.39 is 5.82 Å². The van der Waals surface area contributed by atoms with Crippen LogP contribution in [0.3, 0.4) is 0 Å². The van der Waals surface area contributed by atoms with Crippen molar-refractivity contribution in [1.82, 2.24) is 4.98 Å². The van der Waals surface area contributed by atoms with Gasteiger partial charge in [0, 0.05) is 17.8 Å². The number of hydrogen-bond donors (Lipinski definition) is 0. The Balaban J connectivity index is 2.10. The van der Waals surface area contributed by atoms with E-state index in [9.17, 15) is 4.39 Å².